The van der Waals surface area contributed by atoms with E-state index in [1.807, 2.05) is 6.07 Å². The van der Waals surface area contributed by atoms with E-state index in [1.54, 1.807) is 24.4 Å². The molecule has 4 rings (SSSR count). The lowest BCUT2D eigenvalue weighted by molar-refractivity contribution is 0.848. The summed E-state index contributed by atoms with van der Waals surface area (Å²) in [5.41, 5.74) is 14.1. The Kier molecular flexibility index (Phi) is 4.03. The summed E-state index contributed by atoms with van der Waals surface area (Å²) >= 11 is 6.19. The first-order chi connectivity index (χ1) is 13.5. The van der Waals surface area contributed by atoms with Gasteiger partial charge in [-0.15, -0.1) is 0 Å². The maximum Gasteiger partial charge on any atom is 0.211 e. The minimum absolute atomic E-state index is 0.0156. The summed E-state index contributed by atoms with van der Waals surface area (Å²) in [5.74, 6) is 0.465. The Morgan fingerprint density at radius 1 is 1.21 bits per heavy atom. The fourth-order valence-electron chi connectivity index (χ4n) is 3.03. The van der Waals surface area contributed by atoms with Crippen LogP contribution in [-0.4, -0.2) is 20.9 Å². The summed E-state index contributed by atoms with van der Waals surface area (Å²) in [6.45, 7) is 0. The lowest BCUT2D eigenvalue weighted by Gasteiger charge is -2.26. The Hall–Kier alpha value is -4.15. The van der Waals surface area contributed by atoms with Gasteiger partial charge in [0, 0.05) is 10.9 Å². The molecule has 1 atom stereocenters. The van der Waals surface area contributed by atoms with Crippen molar-refractivity contribution in [1.29, 1.82) is 10.5 Å². The quantitative estimate of drug-likeness (QED) is 0.273. The highest BCUT2D eigenvalue weighted by Gasteiger charge is 2.29. The number of halogens is 1. The number of anilines is 3. The number of aromatic nitrogens is 3. The number of guanidine groups is 1. The van der Waals surface area contributed by atoms with Gasteiger partial charge in [0.1, 0.15) is 40.8 Å². The van der Waals surface area contributed by atoms with Crippen LogP contribution in [0.2, 0.25) is 5.15 Å². The highest BCUT2D eigenvalue weighted by molar-refractivity contribution is 6.34. The molecule has 1 aromatic carbocycles. The first-order valence-corrected chi connectivity index (χ1v) is 8.30. The number of nitrogens with two attached hydrogens (primary N) is 2. The van der Waals surface area contributed by atoms with Crippen molar-refractivity contribution in [1.82, 2.24) is 20.3 Å². The summed E-state index contributed by atoms with van der Waals surface area (Å²) in [5, 5.41) is 24.6. The summed E-state index contributed by atoms with van der Waals surface area (Å²) in [6, 6.07) is 6.67. The van der Waals surface area contributed by atoms with Crippen LogP contribution >= 0.6 is 11.6 Å². The van der Waals surface area contributed by atoms with Gasteiger partial charge in [-0.05, 0) is 17.7 Å². The molecular formula is C17H11ClN10. The number of aliphatic imine (C=N–C) groups is 1. The molecule has 1 unspecified atom stereocenters. The van der Waals surface area contributed by atoms with E-state index < -0.39 is 6.04 Å². The van der Waals surface area contributed by atoms with Crippen LogP contribution in [0, 0.1) is 22.8 Å². The zero-order valence-electron chi connectivity index (χ0n) is 14.1. The van der Waals surface area contributed by atoms with Gasteiger partial charge in [0.05, 0.1) is 11.2 Å². The number of hydrogen-bond acceptors (Lipinski definition) is 10. The average molecular weight is 391 g/mol. The molecule has 0 fully saturated rings. The SMILES string of the molecule is N#CNC1=NC(c2ccc3ncnc(Cl)c3c2)c2c(nc(N)c(C#N)c2N)N1. The van der Waals surface area contributed by atoms with Crippen LogP contribution in [-0.2, 0) is 0 Å². The van der Waals surface area contributed by atoms with E-state index >= 15 is 0 Å². The van der Waals surface area contributed by atoms with Crippen molar-refractivity contribution in [3.05, 3.63) is 46.4 Å². The van der Waals surface area contributed by atoms with Crippen LogP contribution in [0.25, 0.3) is 10.9 Å². The number of nitrogen functional groups attached to an aromatic ring is 2. The third-order valence-electron chi connectivity index (χ3n) is 4.28. The van der Waals surface area contributed by atoms with Crippen LogP contribution in [0.1, 0.15) is 22.7 Å². The van der Waals surface area contributed by atoms with Crippen LogP contribution < -0.4 is 22.1 Å². The molecule has 1 aliphatic rings. The number of nitrogens with one attached hydrogen (secondary N) is 2. The van der Waals surface area contributed by atoms with E-state index in [0.717, 1.165) is 0 Å². The number of hydrogen-bond donors (Lipinski definition) is 4. The zero-order valence-corrected chi connectivity index (χ0v) is 14.9. The summed E-state index contributed by atoms with van der Waals surface area (Å²) in [7, 11) is 0. The minimum atomic E-state index is -0.659. The lowest BCUT2D eigenvalue weighted by atomic mass is 9.94. The molecule has 1 aliphatic heterocycles. The van der Waals surface area contributed by atoms with Crippen molar-refractivity contribution < 1.29 is 0 Å². The third-order valence-corrected chi connectivity index (χ3v) is 4.59. The van der Waals surface area contributed by atoms with E-state index in [9.17, 15) is 5.26 Å². The molecular weight excluding hydrogens is 380 g/mol. The molecule has 11 heteroatoms. The maximum absolute atomic E-state index is 9.38. The zero-order chi connectivity index (χ0) is 19.8. The van der Waals surface area contributed by atoms with Gasteiger partial charge in [0.2, 0.25) is 5.96 Å². The van der Waals surface area contributed by atoms with Gasteiger partial charge in [-0.3, -0.25) is 5.32 Å². The minimum Gasteiger partial charge on any atom is -0.397 e. The molecule has 10 nitrogen and oxygen atoms in total. The van der Waals surface area contributed by atoms with Crippen LogP contribution in [0.4, 0.5) is 17.3 Å². The molecule has 3 aromatic rings. The maximum atomic E-state index is 9.38. The molecule has 0 radical (unpaired) electrons. The molecule has 0 saturated heterocycles. The number of fused-ring (bicyclic) bond motifs is 2. The molecule has 0 bridgehead atoms. The van der Waals surface area contributed by atoms with E-state index in [1.165, 1.54) is 6.33 Å². The predicted octanol–water partition coefficient (Wildman–Crippen LogP) is 1.66. The molecule has 0 saturated carbocycles. The number of pyridine rings is 1. The number of benzene rings is 1. The van der Waals surface area contributed by atoms with Gasteiger partial charge < -0.3 is 16.8 Å². The van der Waals surface area contributed by atoms with Gasteiger partial charge in [0.15, 0.2) is 6.19 Å². The Balaban J connectivity index is 1.97. The Morgan fingerprint density at radius 3 is 2.79 bits per heavy atom. The van der Waals surface area contributed by atoms with E-state index in [4.69, 9.17) is 28.3 Å². The molecule has 0 amide bonds. The van der Waals surface area contributed by atoms with Gasteiger partial charge >= 0.3 is 0 Å². The first-order valence-electron chi connectivity index (χ1n) is 7.92. The third kappa shape index (κ3) is 2.65. The number of nitrogens with zero attached hydrogens (tertiary/aromatic N) is 6. The normalized spacial score (nSPS) is 15.0. The van der Waals surface area contributed by atoms with Crippen molar-refractivity contribution in [3.63, 3.8) is 0 Å². The Bertz CT molecular complexity index is 1240. The van der Waals surface area contributed by atoms with Gasteiger partial charge in [-0.2, -0.15) is 10.5 Å². The summed E-state index contributed by atoms with van der Waals surface area (Å²) in [4.78, 5) is 16.9. The van der Waals surface area contributed by atoms with Crippen molar-refractivity contribution in [2.45, 2.75) is 6.04 Å². The van der Waals surface area contributed by atoms with Crippen molar-refractivity contribution in [2.24, 2.45) is 4.99 Å². The second-order valence-electron chi connectivity index (χ2n) is 5.84. The predicted molar refractivity (Wildman–Crippen MR) is 104 cm³/mol. The number of nitriles is 2. The largest absolute Gasteiger partial charge is 0.397 e. The second-order valence-corrected chi connectivity index (χ2v) is 6.20. The fraction of sp³-hybridized carbons (Fsp3) is 0.0588. The standard InChI is InChI=1S/C17H11ClN10/c18-14-8-3-7(1-2-10(8)24-6-25-14)13-11-12(21)9(4-19)15(22)27-16(11)28-17(26-13)23-5-20/h1-3,6,13H,(H6,21,22,23,26,27,28). The molecule has 2 aromatic heterocycles. The Labute approximate surface area is 163 Å². The van der Waals surface area contributed by atoms with Crippen LogP contribution in [0.3, 0.4) is 0 Å². The highest BCUT2D eigenvalue weighted by Crippen LogP contribution is 2.41. The lowest BCUT2D eigenvalue weighted by Crippen LogP contribution is -2.32. The van der Waals surface area contributed by atoms with E-state index in [0.29, 0.717) is 33.0 Å². The monoisotopic (exact) mass is 390 g/mol. The molecule has 6 N–H and O–H groups in total. The molecule has 136 valence electrons. The van der Waals surface area contributed by atoms with E-state index in [-0.39, 0.29) is 23.0 Å². The van der Waals surface area contributed by atoms with Gasteiger partial charge in [-0.1, -0.05) is 17.7 Å². The van der Waals surface area contributed by atoms with Crippen molar-refractivity contribution in [3.8, 4) is 12.3 Å². The molecule has 3 heterocycles. The number of rotatable bonds is 1. The van der Waals surface area contributed by atoms with Gasteiger partial charge in [0.25, 0.3) is 0 Å². The van der Waals surface area contributed by atoms with Crippen LogP contribution in [0.15, 0.2) is 29.5 Å². The van der Waals surface area contributed by atoms with Gasteiger partial charge in [-0.25, -0.2) is 19.9 Å². The molecule has 0 spiro atoms. The smallest absolute Gasteiger partial charge is 0.211 e. The van der Waals surface area contributed by atoms with Crippen LogP contribution in [0.5, 0.6) is 0 Å². The van der Waals surface area contributed by atoms with E-state index in [2.05, 4.69) is 30.6 Å². The topological polar surface area (TPSA) is 175 Å². The van der Waals surface area contributed by atoms with Crippen molar-refractivity contribution in [2.75, 3.05) is 16.8 Å². The second kappa shape index (κ2) is 6.54. The summed E-state index contributed by atoms with van der Waals surface area (Å²) in [6.07, 6.45) is 3.18. The average Bonchev–Trinajstić information content (AvgIpc) is 2.68. The summed E-state index contributed by atoms with van der Waals surface area (Å²) < 4.78 is 0. The van der Waals surface area contributed by atoms with Crippen molar-refractivity contribution >= 4 is 45.8 Å². The Morgan fingerprint density at radius 2 is 2.04 bits per heavy atom. The fourth-order valence-corrected chi connectivity index (χ4v) is 3.23. The highest BCUT2D eigenvalue weighted by atomic mass is 35.5. The molecule has 0 aliphatic carbocycles. The first kappa shape index (κ1) is 17.3. The molecule has 28 heavy (non-hydrogen) atoms.